The van der Waals surface area contributed by atoms with Crippen LogP contribution in [-0.4, -0.2) is 11.0 Å². The van der Waals surface area contributed by atoms with Crippen molar-refractivity contribution in [1.29, 1.82) is 0 Å². The van der Waals surface area contributed by atoms with Gasteiger partial charge in [0.2, 0.25) is 0 Å². The lowest BCUT2D eigenvalue weighted by molar-refractivity contribution is 0.668. The van der Waals surface area contributed by atoms with E-state index in [1.54, 1.807) is 0 Å². The molecule has 2 aromatic rings. The zero-order chi connectivity index (χ0) is 11.7. The van der Waals surface area contributed by atoms with Gasteiger partial charge in [0.25, 0.3) is 0 Å². The van der Waals surface area contributed by atoms with Gasteiger partial charge in [-0.3, -0.25) is 0 Å². The van der Waals surface area contributed by atoms with Gasteiger partial charge in [-0.1, -0.05) is 17.7 Å². The highest BCUT2D eigenvalue weighted by molar-refractivity contribution is 6.32. The van der Waals surface area contributed by atoms with E-state index >= 15 is 0 Å². The van der Waals surface area contributed by atoms with Crippen molar-refractivity contribution in [1.82, 2.24) is 4.98 Å². The molecule has 0 aliphatic rings. The van der Waals surface area contributed by atoms with Crippen LogP contribution in [0.1, 0.15) is 24.5 Å². The molecule has 0 fully saturated rings. The van der Waals surface area contributed by atoms with Crippen molar-refractivity contribution in [3.63, 3.8) is 0 Å². The topological polar surface area (TPSA) is 41.8 Å². The molecule has 0 saturated heterocycles. The summed E-state index contributed by atoms with van der Waals surface area (Å²) in [6.45, 7) is 4.08. The van der Waals surface area contributed by atoms with Crippen molar-refractivity contribution in [2.24, 2.45) is 5.73 Å². The Bertz CT molecular complexity index is 500. The Kier molecular flexibility index (Phi) is 3.22. The van der Waals surface area contributed by atoms with E-state index in [1.165, 1.54) is 10.9 Å². The van der Waals surface area contributed by atoms with Crippen LogP contribution in [0.5, 0.6) is 0 Å². The first-order valence-corrected chi connectivity index (χ1v) is 5.98. The minimum Gasteiger partial charge on any atom is -0.361 e. The van der Waals surface area contributed by atoms with Crippen LogP contribution in [0, 0.1) is 6.92 Å². The average molecular weight is 237 g/mol. The number of nitrogens with two attached hydrogens (primary N) is 1. The average Bonchev–Trinajstić information content (AvgIpc) is 2.64. The summed E-state index contributed by atoms with van der Waals surface area (Å²) < 4.78 is 0. The number of hydrogen-bond donors (Lipinski definition) is 2. The number of aryl methyl sites for hydroxylation is 2. The van der Waals surface area contributed by atoms with E-state index < -0.39 is 0 Å². The van der Waals surface area contributed by atoms with Crippen LogP contribution in [0.3, 0.4) is 0 Å². The molecule has 16 heavy (non-hydrogen) atoms. The number of halogens is 1. The number of rotatable bonds is 3. The highest BCUT2D eigenvalue weighted by Gasteiger charge is 2.08. The van der Waals surface area contributed by atoms with E-state index in [9.17, 15) is 0 Å². The van der Waals surface area contributed by atoms with Crippen LogP contribution in [0.2, 0.25) is 5.02 Å². The van der Waals surface area contributed by atoms with Crippen LogP contribution in [0.25, 0.3) is 10.9 Å². The summed E-state index contributed by atoms with van der Waals surface area (Å²) in [5.74, 6) is 0. The Hall–Kier alpha value is -0.990. The molecule has 0 amide bonds. The molecule has 86 valence electrons. The second-order valence-corrected chi connectivity index (χ2v) is 4.83. The van der Waals surface area contributed by atoms with Gasteiger partial charge in [-0.25, -0.2) is 0 Å². The quantitative estimate of drug-likeness (QED) is 0.843. The van der Waals surface area contributed by atoms with Crippen LogP contribution in [-0.2, 0) is 6.42 Å². The van der Waals surface area contributed by atoms with Gasteiger partial charge in [0.05, 0.1) is 5.52 Å². The van der Waals surface area contributed by atoms with E-state index in [2.05, 4.69) is 17.2 Å². The molecular formula is C13H17ClN2. The highest BCUT2D eigenvalue weighted by Crippen LogP contribution is 2.27. The minimum absolute atomic E-state index is 0.248. The minimum atomic E-state index is 0.248. The number of nitrogens with one attached hydrogen (secondary N) is 1. The van der Waals surface area contributed by atoms with E-state index in [1.807, 2.05) is 19.9 Å². The smallest absolute Gasteiger partial charge is 0.0501 e. The largest absolute Gasteiger partial charge is 0.361 e. The van der Waals surface area contributed by atoms with E-state index in [4.69, 9.17) is 17.3 Å². The Morgan fingerprint density at radius 1 is 1.44 bits per heavy atom. The molecule has 0 aliphatic carbocycles. The zero-order valence-electron chi connectivity index (χ0n) is 9.68. The molecule has 0 saturated carbocycles. The van der Waals surface area contributed by atoms with Gasteiger partial charge < -0.3 is 10.7 Å². The molecule has 1 heterocycles. The van der Waals surface area contributed by atoms with Crippen LogP contribution >= 0.6 is 11.6 Å². The second kappa shape index (κ2) is 4.48. The summed E-state index contributed by atoms with van der Waals surface area (Å²) in [5, 5.41) is 2.08. The van der Waals surface area contributed by atoms with Crippen molar-refractivity contribution < 1.29 is 0 Å². The summed E-state index contributed by atoms with van der Waals surface area (Å²) >= 11 is 6.08. The maximum atomic E-state index is 6.08. The van der Waals surface area contributed by atoms with Crippen molar-refractivity contribution in [3.8, 4) is 0 Å². The van der Waals surface area contributed by atoms with Gasteiger partial charge >= 0.3 is 0 Å². The Morgan fingerprint density at radius 3 is 2.88 bits per heavy atom. The van der Waals surface area contributed by atoms with Crippen LogP contribution < -0.4 is 5.73 Å². The molecule has 1 unspecified atom stereocenters. The summed E-state index contributed by atoms with van der Waals surface area (Å²) in [6.07, 6.45) is 4.09. The lowest BCUT2D eigenvalue weighted by atomic mass is 10.0. The number of hydrogen-bond acceptors (Lipinski definition) is 1. The lowest BCUT2D eigenvalue weighted by Crippen LogP contribution is -2.15. The Balaban J connectivity index is 2.38. The first-order chi connectivity index (χ1) is 7.59. The van der Waals surface area contributed by atoms with Crippen LogP contribution in [0.4, 0.5) is 0 Å². The maximum Gasteiger partial charge on any atom is 0.0501 e. The standard InChI is InChI=1S/C13H17ClN2/c1-8(15)3-4-10-7-16-13-9(2)12(14)6-5-11(10)13/h5-8,16H,3-4,15H2,1-2H3. The van der Waals surface area contributed by atoms with Gasteiger partial charge in [-0.05, 0) is 43.9 Å². The fourth-order valence-corrected chi connectivity index (χ4v) is 2.12. The van der Waals surface area contributed by atoms with E-state index in [0.29, 0.717) is 0 Å². The molecule has 1 aromatic carbocycles. The Morgan fingerprint density at radius 2 is 2.19 bits per heavy atom. The second-order valence-electron chi connectivity index (χ2n) is 4.42. The third-order valence-corrected chi connectivity index (χ3v) is 3.41. The summed E-state index contributed by atoms with van der Waals surface area (Å²) in [6, 6.07) is 4.29. The maximum absolute atomic E-state index is 6.08. The zero-order valence-corrected chi connectivity index (χ0v) is 10.4. The number of H-pyrrole nitrogens is 1. The molecule has 3 heteroatoms. The molecule has 1 aromatic heterocycles. The molecule has 0 aliphatic heterocycles. The molecule has 1 atom stereocenters. The van der Waals surface area contributed by atoms with Crippen molar-refractivity contribution >= 4 is 22.5 Å². The van der Waals surface area contributed by atoms with Crippen molar-refractivity contribution in [3.05, 3.63) is 34.5 Å². The van der Waals surface area contributed by atoms with Gasteiger partial charge in [0, 0.05) is 22.6 Å². The molecule has 3 N–H and O–H groups in total. The van der Waals surface area contributed by atoms with Gasteiger partial charge in [0.15, 0.2) is 0 Å². The van der Waals surface area contributed by atoms with Gasteiger partial charge in [-0.2, -0.15) is 0 Å². The molecule has 2 nitrogen and oxygen atoms in total. The third-order valence-electron chi connectivity index (χ3n) is 3.00. The number of benzene rings is 1. The predicted octanol–water partition coefficient (Wildman–Crippen LogP) is 3.41. The van der Waals surface area contributed by atoms with Gasteiger partial charge in [0.1, 0.15) is 0 Å². The summed E-state index contributed by atoms with van der Waals surface area (Å²) in [5.41, 5.74) is 9.36. The fraction of sp³-hybridized carbons (Fsp3) is 0.385. The Labute approximate surface area is 101 Å². The number of fused-ring (bicyclic) bond motifs is 1. The monoisotopic (exact) mass is 236 g/mol. The first-order valence-electron chi connectivity index (χ1n) is 5.60. The highest BCUT2D eigenvalue weighted by atomic mass is 35.5. The first kappa shape index (κ1) is 11.5. The van der Waals surface area contributed by atoms with Crippen molar-refractivity contribution in [2.45, 2.75) is 32.7 Å². The summed E-state index contributed by atoms with van der Waals surface area (Å²) in [4.78, 5) is 3.30. The molecule has 0 spiro atoms. The molecule has 0 radical (unpaired) electrons. The molecular weight excluding hydrogens is 220 g/mol. The lowest BCUT2D eigenvalue weighted by Gasteiger charge is -2.04. The SMILES string of the molecule is Cc1c(Cl)ccc2c(CCC(C)N)c[nH]c12. The fourth-order valence-electron chi connectivity index (χ4n) is 1.97. The molecule has 2 rings (SSSR count). The van der Waals surface area contributed by atoms with Crippen molar-refractivity contribution in [2.75, 3.05) is 0 Å². The number of aromatic nitrogens is 1. The van der Waals surface area contributed by atoms with Crippen LogP contribution in [0.15, 0.2) is 18.3 Å². The normalized spacial score (nSPS) is 13.2. The van der Waals surface area contributed by atoms with E-state index in [-0.39, 0.29) is 6.04 Å². The van der Waals surface area contributed by atoms with Gasteiger partial charge in [-0.15, -0.1) is 0 Å². The third kappa shape index (κ3) is 2.08. The summed E-state index contributed by atoms with van der Waals surface area (Å²) in [7, 11) is 0. The number of aromatic amines is 1. The molecule has 0 bridgehead atoms. The van der Waals surface area contributed by atoms with E-state index in [0.717, 1.165) is 28.9 Å². The predicted molar refractivity (Wildman–Crippen MR) is 70.0 cm³/mol.